The van der Waals surface area contributed by atoms with Gasteiger partial charge >= 0.3 is 0 Å². The quantitative estimate of drug-likeness (QED) is 0.625. The zero-order valence-electron chi connectivity index (χ0n) is 19.1. The zero-order chi connectivity index (χ0) is 23.2. The van der Waals surface area contributed by atoms with Crippen LogP contribution in [0, 0.1) is 6.92 Å². The predicted octanol–water partition coefficient (Wildman–Crippen LogP) is 3.81. The number of carbonyl (C=O) groups excluding carboxylic acids is 2. The van der Waals surface area contributed by atoms with Gasteiger partial charge < -0.3 is 14.6 Å². The van der Waals surface area contributed by atoms with Gasteiger partial charge in [0.2, 0.25) is 5.78 Å². The summed E-state index contributed by atoms with van der Waals surface area (Å²) in [5.74, 6) is 0.258. The molecule has 2 aliphatic rings. The van der Waals surface area contributed by atoms with Crippen LogP contribution in [0.5, 0.6) is 5.75 Å². The lowest BCUT2D eigenvalue weighted by molar-refractivity contribution is 0.0128. The number of piperidine rings is 1. The molecule has 5 rings (SSSR count). The predicted molar refractivity (Wildman–Crippen MR) is 127 cm³/mol. The summed E-state index contributed by atoms with van der Waals surface area (Å²) in [4.78, 5) is 30.6. The molecule has 0 radical (unpaired) electrons. The summed E-state index contributed by atoms with van der Waals surface area (Å²) < 4.78 is 2.19. The Morgan fingerprint density at radius 2 is 1.61 bits per heavy atom. The Balaban J connectivity index is 1.39. The van der Waals surface area contributed by atoms with Crippen molar-refractivity contribution in [2.75, 3.05) is 26.7 Å². The molecule has 6 nitrogen and oxygen atoms in total. The van der Waals surface area contributed by atoms with E-state index in [1.807, 2.05) is 41.3 Å². The van der Waals surface area contributed by atoms with Gasteiger partial charge in [0.05, 0.1) is 11.2 Å². The number of aryl methyl sites for hydroxylation is 1. The molecule has 1 spiro atoms. The smallest absolute Gasteiger partial charge is 0.253 e. The number of carbonyl (C=O) groups is 2. The van der Waals surface area contributed by atoms with Crippen LogP contribution in [-0.4, -0.2) is 57.8 Å². The number of rotatable bonds is 3. The topological polar surface area (TPSA) is 65.8 Å². The Bertz CT molecular complexity index is 1210. The van der Waals surface area contributed by atoms with E-state index < -0.39 is 0 Å². The minimum Gasteiger partial charge on any atom is -0.508 e. The van der Waals surface area contributed by atoms with Crippen LogP contribution in [-0.2, 0) is 12.1 Å². The molecule has 6 heteroatoms. The van der Waals surface area contributed by atoms with Gasteiger partial charge in [-0.2, -0.15) is 0 Å². The minimum absolute atomic E-state index is 0.00161. The first-order valence-corrected chi connectivity index (χ1v) is 11.5. The molecule has 2 aliphatic heterocycles. The average molecular weight is 444 g/mol. The highest BCUT2D eigenvalue weighted by molar-refractivity contribution is 6.08. The van der Waals surface area contributed by atoms with Crippen LogP contribution in [0.4, 0.5) is 0 Å². The molecule has 0 atom stereocenters. The first kappa shape index (κ1) is 21.5. The van der Waals surface area contributed by atoms with Crippen LogP contribution >= 0.6 is 0 Å². The maximum absolute atomic E-state index is 13.2. The number of phenols is 1. The maximum atomic E-state index is 13.2. The summed E-state index contributed by atoms with van der Waals surface area (Å²) in [5, 5.41) is 9.78. The lowest BCUT2D eigenvalue weighted by Crippen LogP contribution is -2.56. The highest BCUT2D eigenvalue weighted by Crippen LogP contribution is 2.42. The number of likely N-dealkylation sites (tertiary alicyclic amines) is 1. The average Bonchev–Trinajstić information content (AvgIpc) is 3.28. The van der Waals surface area contributed by atoms with Gasteiger partial charge in [-0.1, -0.05) is 30.3 Å². The van der Waals surface area contributed by atoms with Gasteiger partial charge in [0, 0.05) is 43.0 Å². The van der Waals surface area contributed by atoms with Crippen molar-refractivity contribution in [3.8, 4) is 5.75 Å². The van der Waals surface area contributed by atoms with Crippen LogP contribution < -0.4 is 0 Å². The molecule has 1 aromatic heterocycles. The van der Waals surface area contributed by atoms with E-state index in [-0.39, 0.29) is 23.0 Å². The SMILES string of the molecule is Cc1cc(C(=O)N2CCC3(CC2)c2ccc(C(=O)c4ccccc4)n2CCN3C)ccc1O. The Kier molecular flexibility index (Phi) is 5.33. The zero-order valence-corrected chi connectivity index (χ0v) is 19.1. The highest BCUT2D eigenvalue weighted by atomic mass is 16.3. The normalized spacial score (nSPS) is 17.7. The van der Waals surface area contributed by atoms with Gasteiger partial charge in [-0.3, -0.25) is 14.5 Å². The fraction of sp³-hybridized carbons (Fsp3) is 0.333. The van der Waals surface area contributed by atoms with Crippen LogP contribution in [0.3, 0.4) is 0 Å². The molecule has 1 saturated heterocycles. The summed E-state index contributed by atoms with van der Waals surface area (Å²) in [7, 11) is 2.15. The number of fused-ring (bicyclic) bond motifs is 2. The molecule has 1 amide bonds. The number of likely N-dealkylation sites (N-methyl/N-ethyl adjacent to an activating group) is 1. The van der Waals surface area contributed by atoms with Gasteiger partial charge in [0.25, 0.3) is 5.91 Å². The monoisotopic (exact) mass is 443 g/mol. The third-order valence-corrected chi connectivity index (χ3v) is 7.44. The van der Waals surface area contributed by atoms with E-state index >= 15 is 0 Å². The van der Waals surface area contributed by atoms with Gasteiger partial charge in [0.1, 0.15) is 5.75 Å². The number of aromatic hydroxyl groups is 1. The Morgan fingerprint density at radius 3 is 2.30 bits per heavy atom. The van der Waals surface area contributed by atoms with E-state index in [9.17, 15) is 14.7 Å². The number of hydrogen-bond donors (Lipinski definition) is 1. The number of phenolic OH excluding ortho intramolecular Hbond substituents is 1. The third kappa shape index (κ3) is 3.55. The first-order chi connectivity index (χ1) is 15.9. The number of amides is 1. The van der Waals surface area contributed by atoms with E-state index in [0.29, 0.717) is 29.8 Å². The van der Waals surface area contributed by atoms with Crippen molar-refractivity contribution < 1.29 is 14.7 Å². The van der Waals surface area contributed by atoms with E-state index in [2.05, 4.69) is 22.6 Å². The molecule has 0 unspecified atom stereocenters. The van der Waals surface area contributed by atoms with Gasteiger partial charge in [-0.05, 0) is 62.7 Å². The molecule has 3 aromatic rings. The second-order valence-corrected chi connectivity index (χ2v) is 9.20. The molecule has 1 fully saturated rings. The van der Waals surface area contributed by atoms with Gasteiger partial charge in [-0.15, -0.1) is 0 Å². The highest BCUT2D eigenvalue weighted by Gasteiger charge is 2.45. The van der Waals surface area contributed by atoms with Crippen molar-refractivity contribution in [2.45, 2.75) is 31.8 Å². The Labute approximate surface area is 194 Å². The largest absolute Gasteiger partial charge is 0.508 e. The first-order valence-electron chi connectivity index (χ1n) is 11.5. The molecular weight excluding hydrogens is 414 g/mol. The summed E-state index contributed by atoms with van der Waals surface area (Å²) in [5.41, 5.74) is 3.74. The van der Waals surface area contributed by atoms with Crippen molar-refractivity contribution in [1.29, 1.82) is 0 Å². The maximum Gasteiger partial charge on any atom is 0.253 e. The lowest BCUT2D eigenvalue weighted by Gasteiger charge is -2.50. The lowest BCUT2D eigenvalue weighted by atomic mass is 9.81. The number of benzene rings is 2. The van der Waals surface area contributed by atoms with Crippen LogP contribution in [0.25, 0.3) is 0 Å². The van der Waals surface area contributed by atoms with Crippen molar-refractivity contribution in [3.63, 3.8) is 0 Å². The molecule has 0 saturated carbocycles. The molecule has 3 heterocycles. The second kappa shape index (κ2) is 8.19. The molecule has 2 aromatic carbocycles. The minimum atomic E-state index is -0.185. The van der Waals surface area contributed by atoms with E-state index in [1.165, 1.54) is 5.69 Å². The van der Waals surface area contributed by atoms with Crippen molar-refractivity contribution in [2.24, 2.45) is 0 Å². The van der Waals surface area contributed by atoms with Crippen molar-refractivity contribution >= 4 is 11.7 Å². The summed E-state index contributed by atoms with van der Waals surface area (Å²) in [6, 6.07) is 18.5. The standard InChI is InChI=1S/C27H29N3O3/c1-19-18-21(8-10-23(19)31)26(33)29-14-12-27(13-15-29)24-11-9-22(30(24)17-16-28(27)2)25(32)20-6-4-3-5-7-20/h3-11,18,31H,12-17H2,1-2H3. The molecular formula is C27H29N3O3. The Hall–Kier alpha value is -3.38. The Morgan fingerprint density at radius 1 is 0.879 bits per heavy atom. The van der Waals surface area contributed by atoms with E-state index in [1.54, 1.807) is 25.1 Å². The number of nitrogens with zero attached hydrogens (tertiary/aromatic N) is 3. The van der Waals surface area contributed by atoms with Crippen LogP contribution in [0.15, 0.2) is 60.7 Å². The second-order valence-electron chi connectivity index (χ2n) is 9.20. The number of hydrogen-bond acceptors (Lipinski definition) is 4. The van der Waals surface area contributed by atoms with E-state index in [0.717, 1.165) is 31.6 Å². The molecule has 170 valence electrons. The molecule has 0 bridgehead atoms. The van der Waals surface area contributed by atoms with E-state index in [4.69, 9.17) is 0 Å². The third-order valence-electron chi connectivity index (χ3n) is 7.44. The fourth-order valence-electron chi connectivity index (χ4n) is 5.40. The summed E-state index contributed by atoms with van der Waals surface area (Å²) in [6.45, 7) is 4.75. The van der Waals surface area contributed by atoms with Gasteiger partial charge in [0.15, 0.2) is 0 Å². The van der Waals surface area contributed by atoms with Crippen LogP contribution in [0.1, 0.15) is 50.5 Å². The number of aromatic nitrogens is 1. The van der Waals surface area contributed by atoms with Crippen molar-refractivity contribution in [1.82, 2.24) is 14.4 Å². The molecule has 0 aliphatic carbocycles. The fourth-order valence-corrected chi connectivity index (χ4v) is 5.40. The number of ketones is 1. The molecule has 1 N–H and O–H groups in total. The van der Waals surface area contributed by atoms with Crippen LogP contribution in [0.2, 0.25) is 0 Å². The van der Waals surface area contributed by atoms with Gasteiger partial charge in [-0.25, -0.2) is 0 Å². The van der Waals surface area contributed by atoms with Crippen molar-refractivity contribution in [3.05, 3.63) is 88.7 Å². The summed E-state index contributed by atoms with van der Waals surface area (Å²) in [6.07, 6.45) is 1.63. The summed E-state index contributed by atoms with van der Waals surface area (Å²) >= 11 is 0. The molecule has 33 heavy (non-hydrogen) atoms.